The first-order valence-corrected chi connectivity index (χ1v) is 14.3. The number of hydrogen-bond acceptors (Lipinski definition) is 4. The Bertz CT molecular complexity index is 1050. The van der Waals surface area contributed by atoms with Gasteiger partial charge in [-0.1, -0.05) is 37.1 Å². The summed E-state index contributed by atoms with van der Waals surface area (Å²) in [4.78, 5) is 0.599. The van der Waals surface area contributed by atoms with Crippen LogP contribution in [0, 0.1) is 0 Å². The molecule has 0 aliphatic carbocycles. The molecule has 0 unspecified atom stereocenters. The van der Waals surface area contributed by atoms with Gasteiger partial charge in [0.25, 0.3) is 0 Å². The molecule has 0 spiro atoms. The standard InChI is InChI=1S/C24H32N2O4S2/c1-19-7-3-5-17-25(19)31(27,28)23-13-9-21(10-14-23)22-11-15-24(16-12-22)32(29,30)26-18-6-4-8-20(26)2/h9-16,19-20H,3-8,17-18H2,1-2H3/t19-,20-/m1/s1. The first kappa shape index (κ1) is 23.4. The third-order valence-electron chi connectivity index (χ3n) is 6.74. The van der Waals surface area contributed by atoms with Crippen LogP contribution in [0.2, 0.25) is 0 Å². The summed E-state index contributed by atoms with van der Waals surface area (Å²) in [6.07, 6.45) is 5.70. The average Bonchev–Trinajstić information content (AvgIpc) is 2.79. The molecule has 0 bridgehead atoms. The van der Waals surface area contributed by atoms with Crippen molar-refractivity contribution in [2.45, 2.75) is 74.2 Å². The number of piperidine rings is 2. The van der Waals surface area contributed by atoms with E-state index >= 15 is 0 Å². The summed E-state index contributed by atoms with van der Waals surface area (Å²) in [6, 6.07) is 13.8. The number of sulfonamides is 2. The molecule has 0 N–H and O–H groups in total. The van der Waals surface area contributed by atoms with E-state index in [2.05, 4.69) is 0 Å². The van der Waals surface area contributed by atoms with Gasteiger partial charge in [-0.15, -0.1) is 0 Å². The first-order valence-electron chi connectivity index (χ1n) is 11.5. The lowest BCUT2D eigenvalue weighted by molar-refractivity contribution is 0.268. The van der Waals surface area contributed by atoms with Crippen LogP contribution in [0.15, 0.2) is 58.3 Å². The van der Waals surface area contributed by atoms with Crippen molar-refractivity contribution in [1.82, 2.24) is 8.61 Å². The van der Waals surface area contributed by atoms with Gasteiger partial charge in [-0.05, 0) is 74.9 Å². The van der Waals surface area contributed by atoms with Crippen LogP contribution < -0.4 is 0 Å². The molecule has 4 rings (SSSR count). The molecule has 8 heteroatoms. The van der Waals surface area contributed by atoms with E-state index in [1.165, 1.54) is 0 Å². The Hall–Kier alpha value is -1.74. The minimum atomic E-state index is -3.51. The number of benzene rings is 2. The van der Waals surface area contributed by atoms with Gasteiger partial charge in [-0.25, -0.2) is 16.8 Å². The van der Waals surface area contributed by atoms with Crippen LogP contribution in [0.5, 0.6) is 0 Å². The second kappa shape index (κ2) is 9.25. The molecular formula is C24H32N2O4S2. The molecule has 0 saturated carbocycles. The van der Waals surface area contributed by atoms with E-state index in [4.69, 9.17) is 0 Å². The summed E-state index contributed by atoms with van der Waals surface area (Å²) >= 11 is 0. The minimum absolute atomic E-state index is 0.0190. The fourth-order valence-electron chi connectivity index (χ4n) is 4.77. The van der Waals surface area contributed by atoms with Gasteiger partial charge < -0.3 is 0 Å². The molecular weight excluding hydrogens is 444 g/mol. The Morgan fingerprint density at radius 1 is 0.594 bits per heavy atom. The zero-order valence-corrected chi connectivity index (χ0v) is 20.4. The van der Waals surface area contributed by atoms with Crippen LogP contribution in [-0.4, -0.2) is 50.6 Å². The second-order valence-electron chi connectivity index (χ2n) is 8.97. The molecule has 2 atom stereocenters. The highest BCUT2D eigenvalue weighted by Crippen LogP contribution is 2.29. The molecule has 2 aromatic carbocycles. The van der Waals surface area contributed by atoms with Crippen molar-refractivity contribution in [2.75, 3.05) is 13.1 Å². The summed E-state index contributed by atoms with van der Waals surface area (Å²) in [5.74, 6) is 0. The van der Waals surface area contributed by atoms with E-state index in [9.17, 15) is 16.8 Å². The summed E-state index contributed by atoms with van der Waals surface area (Å²) < 4.78 is 55.3. The molecule has 32 heavy (non-hydrogen) atoms. The van der Waals surface area contributed by atoms with Crippen LogP contribution >= 0.6 is 0 Å². The Morgan fingerprint density at radius 2 is 0.938 bits per heavy atom. The third-order valence-corrected chi connectivity index (χ3v) is 10.8. The molecule has 0 amide bonds. The van der Waals surface area contributed by atoms with E-state index < -0.39 is 20.0 Å². The highest BCUT2D eigenvalue weighted by molar-refractivity contribution is 7.89. The molecule has 2 aromatic rings. The van der Waals surface area contributed by atoms with Crippen LogP contribution in [0.3, 0.4) is 0 Å². The van der Waals surface area contributed by atoms with Crippen LogP contribution in [0.4, 0.5) is 0 Å². The number of rotatable bonds is 5. The van der Waals surface area contributed by atoms with Crippen LogP contribution in [0.1, 0.15) is 52.4 Å². The largest absolute Gasteiger partial charge is 0.243 e. The molecule has 0 radical (unpaired) electrons. The predicted molar refractivity (Wildman–Crippen MR) is 126 cm³/mol. The smallest absolute Gasteiger partial charge is 0.207 e. The lowest BCUT2D eigenvalue weighted by atomic mass is 10.1. The fourth-order valence-corrected chi connectivity index (χ4v) is 8.17. The van der Waals surface area contributed by atoms with E-state index in [1.807, 2.05) is 13.8 Å². The summed E-state index contributed by atoms with van der Waals surface area (Å²) in [6.45, 7) is 5.06. The highest BCUT2D eigenvalue weighted by Gasteiger charge is 2.32. The molecule has 2 heterocycles. The van der Waals surface area contributed by atoms with Crippen molar-refractivity contribution >= 4 is 20.0 Å². The molecule has 0 aromatic heterocycles. The number of nitrogens with zero attached hydrogens (tertiary/aromatic N) is 2. The van der Waals surface area contributed by atoms with Crippen molar-refractivity contribution in [3.8, 4) is 11.1 Å². The SMILES string of the molecule is C[C@@H]1CCCCN1S(=O)(=O)c1ccc(-c2ccc(S(=O)(=O)N3CCCC[C@H]3C)cc2)cc1. The summed E-state index contributed by atoms with van der Waals surface area (Å²) in [5, 5.41) is 0. The Kier molecular flexibility index (Phi) is 6.77. The van der Waals surface area contributed by atoms with E-state index in [1.54, 1.807) is 57.1 Å². The highest BCUT2D eigenvalue weighted by atomic mass is 32.2. The fraction of sp³-hybridized carbons (Fsp3) is 0.500. The number of hydrogen-bond donors (Lipinski definition) is 0. The van der Waals surface area contributed by atoms with Crippen molar-refractivity contribution in [2.24, 2.45) is 0 Å². The monoisotopic (exact) mass is 476 g/mol. The molecule has 174 valence electrons. The second-order valence-corrected chi connectivity index (χ2v) is 12.8. The van der Waals surface area contributed by atoms with Gasteiger partial charge in [-0.2, -0.15) is 8.61 Å². The Morgan fingerprint density at radius 3 is 1.25 bits per heavy atom. The van der Waals surface area contributed by atoms with E-state index in [0.717, 1.165) is 49.7 Å². The third kappa shape index (κ3) is 4.51. The van der Waals surface area contributed by atoms with Crippen molar-refractivity contribution in [3.05, 3.63) is 48.5 Å². The molecule has 2 aliphatic rings. The molecule has 2 aliphatic heterocycles. The Balaban J connectivity index is 1.54. The van der Waals surface area contributed by atoms with Gasteiger partial charge in [0.1, 0.15) is 0 Å². The van der Waals surface area contributed by atoms with E-state index in [0.29, 0.717) is 22.9 Å². The maximum absolute atomic E-state index is 13.0. The molecule has 2 saturated heterocycles. The van der Waals surface area contributed by atoms with Crippen LogP contribution in [0.25, 0.3) is 11.1 Å². The first-order chi connectivity index (χ1) is 15.2. The van der Waals surface area contributed by atoms with Gasteiger partial charge in [0.2, 0.25) is 20.0 Å². The Labute approximate surface area is 192 Å². The van der Waals surface area contributed by atoms with E-state index in [-0.39, 0.29) is 12.1 Å². The van der Waals surface area contributed by atoms with Gasteiger partial charge in [0.05, 0.1) is 9.79 Å². The topological polar surface area (TPSA) is 74.8 Å². The zero-order valence-electron chi connectivity index (χ0n) is 18.8. The van der Waals surface area contributed by atoms with Crippen LogP contribution in [-0.2, 0) is 20.0 Å². The zero-order chi connectivity index (χ0) is 22.9. The summed E-state index contributed by atoms with van der Waals surface area (Å²) in [7, 11) is -7.01. The maximum atomic E-state index is 13.0. The average molecular weight is 477 g/mol. The van der Waals surface area contributed by atoms with Gasteiger partial charge in [0.15, 0.2) is 0 Å². The van der Waals surface area contributed by atoms with Crippen molar-refractivity contribution in [3.63, 3.8) is 0 Å². The quantitative estimate of drug-likeness (QED) is 0.638. The van der Waals surface area contributed by atoms with Crippen molar-refractivity contribution in [1.29, 1.82) is 0 Å². The maximum Gasteiger partial charge on any atom is 0.243 e. The van der Waals surface area contributed by atoms with Crippen molar-refractivity contribution < 1.29 is 16.8 Å². The molecule has 6 nitrogen and oxygen atoms in total. The lowest BCUT2D eigenvalue weighted by Gasteiger charge is -2.32. The minimum Gasteiger partial charge on any atom is -0.207 e. The van der Waals surface area contributed by atoms with Gasteiger partial charge >= 0.3 is 0 Å². The predicted octanol–water partition coefficient (Wildman–Crippen LogP) is 4.48. The van der Waals surface area contributed by atoms with Gasteiger partial charge in [0, 0.05) is 25.2 Å². The van der Waals surface area contributed by atoms with Gasteiger partial charge in [-0.3, -0.25) is 0 Å². The molecule has 2 fully saturated rings. The summed E-state index contributed by atoms with van der Waals surface area (Å²) in [5.41, 5.74) is 1.71. The lowest BCUT2D eigenvalue weighted by Crippen LogP contribution is -2.41. The normalized spacial score (nSPS) is 23.8.